The molecule has 8 nitrogen and oxygen atoms in total. The van der Waals surface area contributed by atoms with Gasteiger partial charge in [-0.15, -0.1) is 0 Å². The zero-order valence-electron chi connectivity index (χ0n) is 14.8. The molecular formula is C18H24N4O4. The molecule has 0 aromatic heterocycles. The molecule has 0 unspecified atom stereocenters. The summed E-state index contributed by atoms with van der Waals surface area (Å²) in [5, 5.41) is 14.7. The quantitative estimate of drug-likeness (QED) is 0.654. The van der Waals surface area contributed by atoms with E-state index in [4.69, 9.17) is 5.11 Å². The number of hydrogen-bond acceptors (Lipinski definition) is 5. The zero-order chi connectivity index (χ0) is 18.7. The second-order valence-corrected chi connectivity index (χ2v) is 6.78. The highest BCUT2D eigenvalue weighted by molar-refractivity contribution is 6.01. The first-order valence-electron chi connectivity index (χ1n) is 8.83. The van der Waals surface area contributed by atoms with Crippen molar-refractivity contribution < 1.29 is 19.5 Å². The van der Waals surface area contributed by atoms with Gasteiger partial charge in [0.1, 0.15) is 6.54 Å². The minimum Gasteiger partial charge on any atom is -0.481 e. The lowest BCUT2D eigenvalue weighted by atomic mass is 10.1. The van der Waals surface area contributed by atoms with Gasteiger partial charge in [0.15, 0.2) is 0 Å². The van der Waals surface area contributed by atoms with Crippen LogP contribution in [0.15, 0.2) is 18.2 Å². The van der Waals surface area contributed by atoms with E-state index in [1.165, 1.54) is 11.8 Å². The van der Waals surface area contributed by atoms with Crippen LogP contribution < -0.4 is 15.5 Å². The van der Waals surface area contributed by atoms with Gasteiger partial charge in [0, 0.05) is 50.5 Å². The molecule has 3 N–H and O–H groups in total. The minimum absolute atomic E-state index is 0.0519. The van der Waals surface area contributed by atoms with E-state index in [2.05, 4.69) is 15.5 Å². The van der Waals surface area contributed by atoms with Crippen LogP contribution in [-0.4, -0.2) is 67.1 Å². The standard InChI is InChI=1S/C18H24N4O4/c1-12(18(25)26)9-20-16(23)11-22-10-13-2-3-14(8-15(13)17(22)24)21-6-4-19-5-7-21/h2-3,8,12,19H,4-7,9-11H2,1H3,(H,20,23)(H,25,26)/t12-/m1/s1. The minimum atomic E-state index is -0.963. The Bertz CT molecular complexity index is 715. The molecule has 8 heteroatoms. The van der Waals surface area contributed by atoms with Gasteiger partial charge in [0.05, 0.1) is 5.92 Å². The lowest BCUT2D eigenvalue weighted by Crippen LogP contribution is -2.43. The normalized spacial score (nSPS) is 17.8. The van der Waals surface area contributed by atoms with Gasteiger partial charge >= 0.3 is 5.97 Å². The number of anilines is 1. The van der Waals surface area contributed by atoms with Crippen molar-refractivity contribution in [3.05, 3.63) is 29.3 Å². The Morgan fingerprint density at radius 1 is 1.31 bits per heavy atom. The highest BCUT2D eigenvalue weighted by atomic mass is 16.4. The van der Waals surface area contributed by atoms with Gasteiger partial charge in [-0.2, -0.15) is 0 Å². The molecule has 0 bridgehead atoms. The molecule has 26 heavy (non-hydrogen) atoms. The number of carbonyl (C=O) groups is 3. The number of nitrogens with one attached hydrogen (secondary N) is 2. The van der Waals surface area contributed by atoms with E-state index in [1.54, 1.807) is 0 Å². The summed E-state index contributed by atoms with van der Waals surface area (Å²) in [6, 6.07) is 5.89. The van der Waals surface area contributed by atoms with Crippen molar-refractivity contribution in [2.75, 3.05) is 44.2 Å². The van der Waals surface area contributed by atoms with Crippen LogP contribution in [0.2, 0.25) is 0 Å². The van der Waals surface area contributed by atoms with E-state index < -0.39 is 11.9 Å². The van der Waals surface area contributed by atoms with Crippen LogP contribution >= 0.6 is 0 Å². The summed E-state index contributed by atoms with van der Waals surface area (Å²) in [7, 11) is 0. The maximum absolute atomic E-state index is 12.6. The van der Waals surface area contributed by atoms with Crippen LogP contribution in [-0.2, 0) is 16.1 Å². The Kier molecular flexibility index (Phi) is 5.41. The predicted molar refractivity (Wildman–Crippen MR) is 96.1 cm³/mol. The van der Waals surface area contributed by atoms with Crippen molar-refractivity contribution in [3.63, 3.8) is 0 Å². The number of carboxylic acid groups (broad SMARTS) is 1. The maximum atomic E-state index is 12.6. The largest absolute Gasteiger partial charge is 0.481 e. The Balaban J connectivity index is 1.60. The van der Waals surface area contributed by atoms with Gasteiger partial charge in [-0.05, 0) is 17.7 Å². The van der Waals surface area contributed by atoms with E-state index >= 15 is 0 Å². The van der Waals surface area contributed by atoms with Gasteiger partial charge in [0.2, 0.25) is 5.91 Å². The fourth-order valence-corrected chi connectivity index (χ4v) is 3.18. The molecule has 2 heterocycles. The number of fused-ring (bicyclic) bond motifs is 1. The van der Waals surface area contributed by atoms with Crippen molar-refractivity contribution >= 4 is 23.5 Å². The molecule has 0 radical (unpaired) electrons. The number of nitrogens with zero attached hydrogens (tertiary/aromatic N) is 2. The lowest BCUT2D eigenvalue weighted by molar-refractivity contribution is -0.141. The van der Waals surface area contributed by atoms with Crippen LogP contribution in [0, 0.1) is 5.92 Å². The third kappa shape index (κ3) is 3.96. The molecule has 3 rings (SSSR count). The van der Waals surface area contributed by atoms with Crippen LogP contribution in [0.5, 0.6) is 0 Å². The topological polar surface area (TPSA) is 102 Å². The molecule has 2 aliphatic heterocycles. The average Bonchev–Trinajstić information content (AvgIpc) is 2.95. The van der Waals surface area contributed by atoms with E-state index in [9.17, 15) is 14.4 Å². The first-order chi connectivity index (χ1) is 12.5. The second-order valence-electron chi connectivity index (χ2n) is 6.78. The highest BCUT2D eigenvalue weighted by Gasteiger charge is 2.29. The summed E-state index contributed by atoms with van der Waals surface area (Å²) in [5.41, 5.74) is 2.59. The molecular weight excluding hydrogens is 336 g/mol. The lowest BCUT2D eigenvalue weighted by Gasteiger charge is -2.29. The highest BCUT2D eigenvalue weighted by Crippen LogP contribution is 2.27. The maximum Gasteiger partial charge on any atom is 0.308 e. The average molecular weight is 360 g/mol. The molecule has 1 atom stereocenters. The van der Waals surface area contributed by atoms with Gasteiger partial charge in [-0.3, -0.25) is 14.4 Å². The van der Waals surface area contributed by atoms with Crippen molar-refractivity contribution in [2.24, 2.45) is 5.92 Å². The number of rotatable bonds is 6. The Morgan fingerprint density at radius 2 is 2.04 bits per heavy atom. The fourth-order valence-electron chi connectivity index (χ4n) is 3.18. The molecule has 1 aromatic rings. The number of benzene rings is 1. The molecule has 0 spiro atoms. The van der Waals surface area contributed by atoms with Crippen molar-refractivity contribution in [2.45, 2.75) is 13.5 Å². The Morgan fingerprint density at radius 3 is 2.73 bits per heavy atom. The van der Waals surface area contributed by atoms with E-state index in [1.807, 2.05) is 18.2 Å². The third-order valence-corrected chi connectivity index (χ3v) is 4.82. The number of hydrogen-bond donors (Lipinski definition) is 3. The van der Waals surface area contributed by atoms with Gasteiger partial charge in [0.25, 0.3) is 5.91 Å². The van der Waals surface area contributed by atoms with Gasteiger partial charge in [-0.1, -0.05) is 13.0 Å². The third-order valence-electron chi connectivity index (χ3n) is 4.82. The smallest absolute Gasteiger partial charge is 0.308 e. The molecule has 2 aliphatic rings. The predicted octanol–water partition coefficient (Wildman–Crippen LogP) is -0.111. The second kappa shape index (κ2) is 7.74. The van der Waals surface area contributed by atoms with E-state index in [0.29, 0.717) is 12.1 Å². The van der Waals surface area contributed by atoms with Crippen LogP contribution in [0.3, 0.4) is 0 Å². The van der Waals surface area contributed by atoms with Crippen LogP contribution in [0.25, 0.3) is 0 Å². The SMILES string of the molecule is C[C@H](CNC(=O)CN1Cc2ccc(N3CCNCC3)cc2C1=O)C(=O)O. The molecule has 0 saturated carbocycles. The number of carbonyl (C=O) groups excluding carboxylic acids is 2. The van der Waals surface area contributed by atoms with Crippen molar-refractivity contribution in [3.8, 4) is 0 Å². The van der Waals surface area contributed by atoms with Gasteiger partial charge < -0.3 is 25.5 Å². The molecule has 1 fully saturated rings. The molecule has 1 aromatic carbocycles. The van der Waals surface area contributed by atoms with Crippen molar-refractivity contribution in [1.29, 1.82) is 0 Å². The summed E-state index contributed by atoms with van der Waals surface area (Å²) < 4.78 is 0. The number of carboxylic acids is 1. The zero-order valence-corrected chi connectivity index (χ0v) is 14.8. The molecule has 2 amide bonds. The molecule has 140 valence electrons. The monoisotopic (exact) mass is 360 g/mol. The van der Waals surface area contributed by atoms with E-state index in [-0.39, 0.29) is 24.9 Å². The first-order valence-corrected chi connectivity index (χ1v) is 8.83. The number of amides is 2. The van der Waals surface area contributed by atoms with E-state index in [0.717, 1.165) is 37.4 Å². The molecule has 1 saturated heterocycles. The Hall–Kier alpha value is -2.61. The van der Waals surface area contributed by atoms with Crippen LogP contribution in [0.1, 0.15) is 22.8 Å². The summed E-state index contributed by atoms with van der Waals surface area (Å²) in [4.78, 5) is 39.2. The summed E-state index contributed by atoms with van der Waals surface area (Å²) in [6.07, 6.45) is 0. The fraction of sp³-hybridized carbons (Fsp3) is 0.500. The summed E-state index contributed by atoms with van der Waals surface area (Å²) >= 11 is 0. The number of aliphatic carboxylic acids is 1. The number of piperazine rings is 1. The van der Waals surface area contributed by atoms with Crippen LogP contribution in [0.4, 0.5) is 5.69 Å². The van der Waals surface area contributed by atoms with Gasteiger partial charge in [-0.25, -0.2) is 0 Å². The van der Waals surface area contributed by atoms with Crippen molar-refractivity contribution in [1.82, 2.24) is 15.5 Å². The Labute approximate surface area is 152 Å². The summed E-state index contributed by atoms with van der Waals surface area (Å²) in [5.74, 6) is -2.12. The summed E-state index contributed by atoms with van der Waals surface area (Å²) in [6.45, 7) is 5.56. The molecule has 0 aliphatic carbocycles. The first kappa shape index (κ1) is 18.2.